The number of nitrogens with zero attached hydrogens (tertiary/aromatic N) is 1. The van der Waals surface area contributed by atoms with E-state index >= 15 is 0 Å². The summed E-state index contributed by atoms with van der Waals surface area (Å²) in [4.78, 5) is 2.58. The molecule has 1 atom stereocenters. The lowest BCUT2D eigenvalue weighted by Gasteiger charge is -2.23. The summed E-state index contributed by atoms with van der Waals surface area (Å²) >= 11 is 3.50. The summed E-state index contributed by atoms with van der Waals surface area (Å²) in [5.41, 5.74) is 1.34. The van der Waals surface area contributed by atoms with Gasteiger partial charge in [0.15, 0.2) is 0 Å². The van der Waals surface area contributed by atoms with E-state index < -0.39 is 0 Å². The van der Waals surface area contributed by atoms with Gasteiger partial charge >= 0.3 is 0 Å². The quantitative estimate of drug-likeness (QED) is 0.898. The van der Waals surface area contributed by atoms with Gasteiger partial charge < -0.3 is 5.32 Å². The maximum atomic E-state index is 3.54. The van der Waals surface area contributed by atoms with Gasteiger partial charge in [-0.15, -0.1) is 0 Å². The van der Waals surface area contributed by atoms with Crippen LogP contribution < -0.4 is 5.32 Å². The molecule has 0 amide bonds. The van der Waals surface area contributed by atoms with E-state index in [1.807, 2.05) is 0 Å². The van der Waals surface area contributed by atoms with Gasteiger partial charge in [0.25, 0.3) is 0 Å². The molecular formula is C14H21BrN2. The summed E-state index contributed by atoms with van der Waals surface area (Å²) in [7, 11) is 0. The number of benzene rings is 1. The van der Waals surface area contributed by atoms with Crippen molar-refractivity contribution in [3.8, 4) is 0 Å². The van der Waals surface area contributed by atoms with E-state index in [0.29, 0.717) is 6.04 Å². The molecule has 3 heteroatoms. The zero-order chi connectivity index (χ0) is 12.1. The van der Waals surface area contributed by atoms with Crippen molar-refractivity contribution < 1.29 is 0 Å². The average molecular weight is 297 g/mol. The standard InChI is InChI=1S/C14H21BrN2/c1-12(17-7-2-3-8-17)10-16-11-13-5-4-6-14(15)9-13/h4-6,9,12,16H,2-3,7-8,10-11H2,1H3. The van der Waals surface area contributed by atoms with Crippen molar-refractivity contribution >= 4 is 15.9 Å². The number of nitrogens with one attached hydrogen (secondary N) is 1. The summed E-state index contributed by atoms with van der Waals surface area (Å²) in [5.74, 6) is 0. The van der Waals surface area contributed by atoms with Crippen LogP contribution in [0.4, 0.5) is 0 Å². The van der Waals surface area contributed by atoms with Gasteiger partial charge in [-0.3, -0.25) is 4.90 Å². The zero-order valence-corrected chi connectivity index (χ0v) is 12.0. The molecule has 0 saturated carbocycles. The molecule has 1 aliphatic heterocycles. The molecule has 2 rings (SSSR count). The molecule has 0 aromatic heterocycles. The normalized spacial score (nSPS) is 18.5. The van der Waals surface area contributed by atoms with Crippen LogP contribution in [0.1, 0.15) is 25.3 Å². The molecular weight excluding hydrogens is 276 g/mol. The highest BCUT2D eigenvalue weighted by atomic mass is 79.9. The Balaban J connectivity index is 1.71. The van der Waals surface area contributed by atoms with Crippen molar-refractivity contribution in [3.63, 3.8) is 0 Å². The van der Waals surface area contributed by atoms with E-state index in [1.165, 1.54) is 31.5 Å². The Morgan fingerprint density at radius 2 is 2.12 bits per heavy atom. The lowest BCUT2D eigenvalue weighted by atomic mass is 10.2. The fraction of sp³-hybridized carbons (Fsp3) is 0.571. The van der Waals surface area contributed by atoms with Gasteiger partial charge in [0.1, 0.15) is 0 Å². The average Bonchev–Trinajstić information content (AvgIpc) is 2.82. The van der Waals surface area contributed by atoms with Crippen LogP contribution in [0.5, 0.6) is 0 Å². The number of halogens is 1. The van der Waals surface area contributed by atoms with Crippen LogP contribution in [0.15, 0.2) is 28.7 Å². The molecule has 1 unspecified atom stereocenters. The summed E-state index contributed by atoms with van der Waals surface area (Å²) in [6.45, 7) is 6.91. The van der Waals surface area contributed by atoms with Crippen LogP contribution in [-0.2, 0) is 6.54 Å². The topological polar surface area (TPSA) is 15.3 Å². The van der Waals surface area contributed by atoms with Crippen molar-refractivity contribution in [2.75, 3.05) is 19.6 Å². The first-order valence-corrected chi connectivity index (χ1v) is 7.24. The smallest absolute Gasteiger partial charge is 0.0206 e. The maximum Gasteiger partial charge on any atom is 0.0206 e. The summed E-state index contributed by atoms with van der Waals surface area (Å²) in [5, 5.41) is 3.54. The van der Waals surface area contributed by atoms with Gasteiger partial charge in [0, 0.05) is 23.6 Å². The van der Waals surface area contributed by atoms with Gasteiger partial charge in [-0.2, -0.15) is 0 Å². The monoisotopic (exact) mass is 296 g/mol. The zero-order valence-electron chi connectivity index (χ0n) is 10.5. The van der Waals surface area contributed by atoms with Crippen molar-refractivity contribution in [1.82, 2.24) is 10.2 Å². The Bertz CT molecular complexity index is 348. The molecule has 2 nitrogen and oxygen atoms in total. The molecule has 17 heavy (non-hydrogen) atoms. The van der Waals surface area contributed by atoms with Gasteiger partial charge in [-0.25, -0.2) is 0 Å². The van der Waals surface area contributed by atoms with Crippen LogP contribution in [0.3, 0.4) is 0 Å². The minimum Gasteiger partial charge on any atom is -0.311 e. The first-order chi connectivity index (χ1) is 8.25. The second kappa shape index (κ2) is 6.53. The lowest BCUT2D eigenvalue weighted by Crippen LogP contribution is -2.38. The third-order valence-corrected chi connectivity index (χ3v) is 3.92. The molecule has 1 aliphatic rings. The predicted molar refractivity (Wildman–Crippen MR) is 76.1 cm³/mol. The van der Waals surface area contributed by atoms with Crippen LogP contribution in [0.25, 0.3) is 0 Å². The van der Waals surface area contributed by atoms with E-state index in [-0.39, 0.29) is 0 Å². The van der Waals surface area contributed by atoms with Crippen molar-refractivity contribution in [2.45, 2.75) is 32.4 Å². The number of hydrogen-bond acceptors (Lipinski definition) is 2. The van der Waals surface area contributed by atoms with Crippen LogP contribution >= 0.6 is 15.9 Å². The minimum atomic E-state index is 0.657. The lowest BCUT2D eigenvalue weighted by molar-refractivity contribution is 0.251. The molecule has 1 heterocycles. The van der Waals surface area contributed by atoms with E-state index in [4.69, 9.17) is 0 Å². The maximum absolute atomic E-state index is 3.54. The molecule has 1 fully saturated rings. The second-order valence-corrected chi connectivity index (χ2v) is 5.77. The van der Waals surface area contributed by atoms with E-state index in [2.05, 4.69) is 57.3 Å². The van der Waals surface area contributed by atoms with Crippen LogP contribution in [0, 0.1) is 0 Å². The molecule has 1 saturated heterocycles. The van der Waals surface area contributed by atoms with Crippen molar-refractivity contribution in [3.05, 3.63) is 34.3 Å². The van der Waals surface area contributed by atoms with Gasteiger partial charge in [0.05, 0.1) is 0 Å². The van der Waals surface area contributed by atoms with Crippen molar-refractivity contribution in [1.29, 1.82) is 0 Å². The number of rotatable bonds is 5. The van der Waals surface area contributed by atoms with Crippen LogP contribution in [-0.4, -0.2) is 30.6 Å². The Hall–Kier alpha value is -0.380. The molecule has 0 bridgehead atoms. The summed E-state index contributed by atoms with van der Waals surface area (Å²) < 4.78 is 1.16. The van der Waals surface area contributed by atoms with E-state index in [9.17, 15) is 0 Å². The molecule has 1 aromatic rings. The largest absolute Gasteiger partial charge is 0.311 e. The Morgan fingerprint density at radius 1 is 1.35 bits per heavy atom. The fourth-order valence-electron chi connectivity index (χ4n) is 2.38. The highest BCUT2D eigenvalue weighted by molar-refractivity contribution is 9.10. The summed E-state index contributed by atoms with van der Waals surface area (Å²) in [6.07, 6.45) is 2.74. The summed E-state index contributed by atoms with van der Waals surface area (Å²) in [6, 6.07) is 9.15. The number of likely N-dealkylation sites (tertiary alicyclic amines) is 1. The van der Waals surface area contributed by atoms with E-state index in [0.717, 1.165) is 17.6 Å². The molecule has 94 valence electrons. The predicted octanol–water partition coefficient (Wildman–Crippen LogP) is 3.02. The van der Waals surface area contributed by atoms with E-state index in [1.54, 1.807) is 0 Å². The minimum absolute atomic E-state index is 0.657. The third-order valence-electron chi connectivity index (χ3n) is 3.42. The molecule has 0 radical (unpaired) electrons. The first kappa shape index (κ1) is 13.1. The van der Waals surface area contributed by atoms with Gasteiger partial charge in [0.2, 0.25) is 0 Å². The highest BCUT2D eigenvalue weighted by Crippen LogP contribution is 2.12. The Labute approximate surface area is 113 Å². The molecule has 0 spiro atoms. The first-order valence-electron chi connectivity index (χ1n) is 6.45. The van der Waals surface area contributed by atoms with Gasteiger partial charge in [-0.1, -0.05) is 28.1 Å². The fourth-order valence-corrected chi connectivity index (χ4v) is 2.83. The third kappa shape index (κ3) is 4.09. The van der Waals surface area contributed by atoms with Crippen LogP contribution in [0.2, 0.25) is 0 Å². The SMILES string of the molecule is CC(CNCc1cccc(Br)c1)N1CCCC1. The Kier molecular flexibility index (Phi) is 5.01. The Morgan fingerprint density at radius 3 is 2.82 bits per heavy atom. The second-order valence-electron chi connectivity index (χ2n) is 4.85. The molecule has 0 aliphatic carbocycles. The molecule has 1 aromatic carbocycles. The number of hydrogen-bond donors (Lipinski definition) is 1. The van der Waals surface area contributed by atoms with Gasteiger partial charge in [-0.05, 0) is 50.6 Å². The molecule has 1 N–H and O–H groups in total. The van der Waals surface area contributed by atoms with Crippen molar-refractivity contribution in [2.24, 2.45) is 0 Å². The highest BCUT2D eigenvalue weighted by Gasteiger charge is 2.17.